The number of nitrogens with zero attached hydrogens (tertiary/aromatic N) is 4. The van der Waals surface area contributed by atoms with E-state index in [1.807, 2.05) is 40.8 Å². The molecule has 5 nitrogen and oxygen atoms in total. The van der Waals surface area contributed by atoms with Crippen LogP contribution in [0.1, 0.15) is 23.9 Å². The fourth-order valence-corrected chi connectivity index (χ4v) is 2.11. The van der Waals surface area contributed by atoms with Gasteiger partial charge in [-0.2, -0.15) is 0 Å². The molecule has 0 spiro atoms. The maximum absolute atomic E-state index is 6.18. The Morgan fingerprint density at radius 2 is 1.95 bits per heavy atom. The summed E-state index contributed by atoms with van der Waals surface area (Å²) in [6, 6.07) is 12.0. The molecule has 0 amide bonds. The van der Waals surface area contributed by atoms with Crippen LogP contribution in [0.2, 0.25) is 0 Å². The molecule has 5 heteroatoms. The molecule has 2 N–H and O–H groups in total. The largest absolute Gasteiger partial charge is 0.324 e. The number of aromatic nitrogens is 4. The number of rotatable bonds is 4. The third-order valence-electron chi connectivity index (χ3n) is 3.19. The predicted octanol–water partition coefficient (Wildman–Crippen LogP) is 1.76. The monoisotopic (exact) mass is 253 g/mol. The number of aryl methyl sites for hydroxylation is 1. The van der Waals surface area contributed by atoms with E-state index in [9.17, 15) is 0 Å². The summed E-state index contributed by atoms with van der Waals surface area (Å²) in [4.78, 5) is 4.08. The van der Waals surface area contributed by atoms with Crippen molar-refractivity contribution in [1.82, 2.24) is 19.6 Å². The molecule has 1 aromatic carbocycles. The first-order valence-electron chi connectivity index (χ1n) is 6.29. The van der Waals surface area contributed by atoms with E-state index in [0.717, 1.165) is 29.9 Å². The molecule has 3 rings (SSSR count). The lowest BCUT2D eigenvalue weighted by atomic mass is 10.0. The summed E-state index contributed by atoms with van der Waals surface area (Å²) in [5, 5.41) is 8.28. The van der Waals surface area contributed by atoms with Gasteiger partial charge in [-0.25, -0.2) is 4.98 Å². The molecule has 0 bridgehead atoms. The summed E-state index contributed by atoms with van der Waals surface area (Å²) in [7, 11) is 0. The van der Waals surface area contributed by atoms with Crippen molar-refractivity contribution in [3.05, 3.63) is 60.3 Å². The number of fused-ring (bicyclic) bond motifs is 1. The van der Waals surface area contributed by atoms with Crippen molar-refractivity contribution in [3.8, 4) is 0 Å². The molecule has 0 aliphatic carbocycles. The second-order valence-corrected chi connectivity index (χ2v) is 4.48. The molecule has 0 radical (unpaired) electrons. The van der Waals surface area contributed by atoms with Gasteiger partial charge in [-0.15, -0.1) is 10.2 Å². The van der Waals surface area contributed by atoms with Gasteiger partial charge in [0.15, 0.2) is 5.65 Å². The van der Waals surface area contributed by atoms with Crippen molar-refractivity contribution in [2.75, 3.05) is 0 Å². The topological polar surface area (TPSA) is 69.1 Å². The van der Waals surface area contributed by atoms with E-state index < -0.39 is 0 Å². The quantitative estimate of drug-likeness (QED) is 0.769. The molecule has 2 aromatic heterocycles. The maximum atomic E-state index is 6.18. The van der Waals surface area contributed by atoms with Gasteiger partial charge in [0.1, 0.15) is 12.2 Å². The molecule has 19 heavy (non-hydrogen) atoms. The standard InChI is InChI=1S/C14H15N5/c15-12(11-4-2-1-3-5-11)6-7-13-17-18-14-8-9-16-10-19(13)14/h1-5,8-10,12H,6-7,15H2. The Balaban J connectivity index is 1.73. The first kappa shape index (κ1) is 11.8. The molecule has 2 heterocycles. The third-order valence-corrected chi connectivity index (χ3v) is 3.19. The molecular weight excluding hydrogens is 238 g/mol. The van der Waals surface area contributed by atoms with E-state index in [1.165, 1.54) is 0 Å². The zero-order valence-electron chi connectivity index (χ0n) is 10.5. The van der Waals surface area contributed by atoms with E-state index in [0.29, 0.717) is 0 Å². The average Bonchev–Trinajstić information content (AvgIpc) is 2.89. The molecule has 3 aromatic rings. The predicted molar refractivity (Wildman–Crippen MR) is 72.5 cm³/mol. The Morgan fingerprint density at radius 1 is 1.11 bits per heavy atom. The van der Waals surface area contributed by atoms with E-state index >= 15 is 0 Å². The number of nitrogens with two attached hydrogens (primary N) is 1. The minimum Gasteiger partial charge on any atom is -0.324 e. The Labute approximate surface area is 111 Å². The van der Waals surface area contributed by atoms with E-state index in [2.05, 4.69) is 15.2 Å². The van der Waals surface area contributed by atoms with Crippen LogP contribution in [0.3, 0.4) is 0 Å². The summed E-state index contributed by atoms with van der Waals surface area (Å²) in [6.07, 6.45) is 5.06. The summed E-state index contributed by atoms with van der Waals surface area (Å²) in [6.45, 7) is 0. The van der Waals surface area contributed by atoms with Crippen LogP contribution in [0.4, 0.5) is 0 Å². The van der Waals surface area contributed by atoms with Crippen molar-refractivity contribution in [2.45, 2.75) is 18.9 Å². The number of hydrogen-bond acceptors (Lipinski definition) is 4. The van der Waals surface area contributed by atoms with Gasteiger partial charge in [0.25, 0.3) is 0 Å². The van der Waals surface area contributed by atoms with Gasteiger partial charge in [-0.3, -0.25) is 4.40 Å². The molecule has 0 saturated carbocycles. The summed E-state index contributed by atoms with van der Waals surface area (Å²) in [5.41, 5.74) is 8.15. The van der Waals surface area contributed by atoms with E-state index in [4.69, 9.17) is 5.73 Å². The van der Waals surface area contributed by atoms with Crippen LogP contribution in [-0.4, -0.2) is 19.6 Å². The first-order valence-corrected chi connectivity index (χ1v) is 6.29. The fourth-order valence-electron chi connectivity index (χ4n) is 2.11. The zero-order chi connectivity index (χ0) is 13.1. The molecule has 0 aliphatic rings. The van der Waals surface area contributed by atoms with Gasteiger partial charge in [0.2, 0.25) is 0 Å². The number of benzene rings is 1. The fraction of sp³-hybridized carbons (Fsp3) is 0.214. The Bertz CT molecular complexity index is 662. The minimum absolute atomic E-state index is 0.0187. The smallest absolute Gasteiger partial charge is 0.163 e. The maximum Gasteiger partial charge on any atom is 0.163 e. The van der Waals surface area contributed by atoms with Crippen LogP contribution in [-0.2, 0) is 6.42 Å². The lowest BCUT2D eigenvalue weighted by molar-refractivity contribution is 0.630. The van der Waals surface area contributed by atoms with Crippen LogP contribution in [0.15, 0.2) is 48.9 Å². The first-order chi connectivity index (χ1) is 9.34. The van der Waals surface area contributed by atoms with Crippen LogP contribution in [0.5, 0.6) is 0 Å². The SMILES string of the molecule is NC(CCc1nnc2ccncn12)c1ccccc1. The van der Waals surface area contributed by atoms with Gasteiger partial charge in [-0.1, -0.05) is 30.3 Å². The summed E-state index contributed by atoms with van der Waals surface area (Å²) >= 11 is 0. The van der Waals surface area contributed by atoms with Crippen molar-refractivity contribution in [2.24, 2.45) is 5.73 Å². The van der Waals surface area contributed by atoms with Crippen molar-refractivity contribution >= 4 is 5.65 Å². The lowest BCUT2D eigenvalue weighted by Gasteiger charge is -2.10. The van der Waals surface area contributed by atoms with Gasteiger partial charge in [0.05, 0.1) is 0 Å². The third kappa shape index (κ3) is 2.46. The summed E-state index contributed by atoms with van der Waals surface area (Å²) in [5.74, 6) is 0.898. The highest BCUT2D eigenvalue weighted by atomic mass is 15.3. The van der Waals surface area contributed by atoms with Gasteiger partial charge in [0, 0.05) is 24.7 Å². The normalized spacial score (nSPS) is 12.7. The highest BCUT2D eigenvalue weighted by Crippen LogP contribution is 2.15. The van der Waals surface area contributed by atoms with Crippen molar-refractivity contribution < 1.29 is 0 Å². The van der Waals surface area contributed by atoms with Crippen LogP contribution >= 0.6 is 0 Å². The second-order valence-electron chi connectivity index (χ2n) is 4.48. The van der Waals surface area contributed by atoms with Crippen molar-refractivity contribution in [1.29, 1.82) is 0 Å². The Morgan fingerprint density at radius 3 is 2.79 bits per heavy atom. The lowest BCUT2D eigenvalue weighted by Crippen LogP contribution is -2.12. The van der Waals surface area contributed by atoms with Crippen LogP contribution < -0.4 is 5.73 Å². The summed E-state index contributed by atoms with van der Waals surface area (Å²) < 4.78 is 1.90. The molecule has 0 fully saturated rings. The second kappa shape index (κ2) is 5.16. The minimum atomic E-state index is 0.0187. The highest BCUT2D eigenvalue weighted by Gasteiger charge is 2.09. The molecule has 1 atom stereocenters. The van der Waals surface area contributed by atoms with Crippen LogP contribution in [0.25, 0.3) is 5.65 Å². The van der Waals surface area contributed by atoms with E-state index in [1.54, 1.807) is 12.5 Å². The van der Waals surface area contributed by atoms with Gasteiger partial charge in [-0.05, 0) is 12.0 Å². The highest BCUT2D eigenvalue weighted by molar-refractivity contribution is 5.35. The molecule has 1 unspecified atom stereocenters. The molecule has 0 aliphatic heterocycles. The van der Waals surface area contributed by atoms with Crippen LogP contribution in [0, 0.1) is 0 Å². The molecule has 0 saturated heterocycles. The molecule has 96 valence electrons. The van der Waals surface area contributed by atoms with Gasteiger partial charge >= 0.3 is 0 Å². The zero-order valence-corrected chi connectivity index (χ0v) is 10.5. The van der Waals surface area contributed by atoms with Gasteiger partial charge < -0.3 is 5.73 Å². The molecular formula is C14H15N5. The average molecular weight is 253 g/mol. The Kier molecular flexibility index (Phi) is 3.20. The van der Waals surface area contributed by atoms with Crippen molar-refractivity contribution in [3.63, 3.8) is 0 Å². The Hall–Kier alpha value is -2.27. The van der Waals surface area contributed by atoms with E-state index in [-0.39, 0.29) is 6.04 Å². The number of hydrogen-bond donors (Lipinski definition) is 1.